The van der Waals surface area contributed by atoms with Gasteiger partial charge >= 0.3 is 0 Å². The topological polar surface area (TPSA) is 65.1 Å². The first-order chi connectivity index (χ1) is 10.4. The van der Waals surface area contributed by atoms with Gasteiger partial charge in [-0.3, -0.25) is 0 Å². The monoisotopic (exact) mass is 316 g/mol. The number of piperazine rings is 1. The Bertz CT molecular complexity index is 513. The number of alkyl halides is 2. The third kappa shape index (κ3) is 4.27. The van der Waals surface area contributed by atoms with Crippen molar-refractivity contribution in [1.29, 1.82) is 0 Å². The van der Waals surface area contributed by atoms with Crippen molar-refractivity contribution in [2.24, 2.45) is 10.7 Å². The van der Waals surface area contributed by atoms with Crippen LogP contribution in [0.4, 0.5) is 18.9 Å². The van der Waals surface area contributed by atoms with E-state index in [-0.39, 0.29) is 11.8 Å². The van der Waals surface area contributed by atoms with Gasteiger partial charge < -0.3 is 20.6 Å². The first-order valence-corrected chi connectivity index (χ1v) is 6.95. The van der Waals surface area contributed by atoms with E-state index in [0.717, 1.165) is 5.69 Å². The summed E-state index contributed by atoms with van der Waals surface area (Å²) in [6, 6.07) is 6.19. The normalized spacial score (nSPS) is 17.0. The van der Waals surface area contributed by atoms with Crippen LogP contribution in [0.3, 0.4) is 0 Å². The van der Waals surface area contributed by atoms with E-state index in [1.807, 2.05) is 0 Å². The van der Waals surface area contributed by atoms with Crippen molar-refractivity contribution in [3.8, 4) is 0 Å². The van der Waals surface area contributed by atoms with Crippen LogP contribution >= 0.6 is 0 Å². The molecule has 5 nitrogen and oxygen atoms in total. The highest BCUT2D eigenvalue weighted by molar-refractivity contribution is 5.78. The second-order valence-corrected chi connectivity index (χ2v) is 5.14. The first kappa shape index (κ1) is 16.4. The molecule has 22 heavy (non-hydrogen) atoms. The molecule has 0 bridgehead atoms. The molecule has 0 aromatic heterocycles. The summed E-state index contributed by atoms with van der Waals surface area (Å²) >= 11 is 0. The van der Waals surface area contributed by atoms with E-state index in [4.69, 9.17) is 10.8 Å². The number of halogens is 3. The lowest BCUT2D eigenvalue weighted by atomic mass is 10.2. The molecule has 0 spiro atoms. The zero-order chi connectivity index (χ0) is 16.2. The Hall–Kier alpha value is -1.96. The molecule has 0 aliphatic carbocycles. The molecule has 0 unspecified atom stereocenters. The van der Waals surface area contributed by atoms with Gasteiger partial charge in [-0.05, 0) is 24.3 Å². The number of aliphatic hydroxyl groups is 1. The average Bonchev–Trinajstić information content (AvgIpc) is 2.54. The average molecular weight is 316 g/mol. The van der Waals surface area contributed by atoms with Crippen molar-refractivity contribution in [2.75, 3.05) is 44.2 Å². The summed E-state index contributed by atoms with van der Waals surface area (Å²) in [4.78, 5) is 7.42. The van der Waals surface area contributed by atoms with Gasteiger partial charge in [0.05, 0.1) is 0 Å². The molecule has 3 N–H and O–H groups in total. The van der Waals surface area contributed by atoms with Crippen LogP contribution in [-0.2, 0) is 0 Å². The molecular formula is C14H19F3N4O. The molecule has 2 rings (SSSR count). The fraction of sp³-hybridized carbons (Fsp3) is 0.500. The van der Waals surface area contributed by atoms with Crippen molar-refractivity contribution < 1.29 is 18.3 Å². The third-order valence-corrected chi connectivity index (χ3v) is 3.50. The van der Waals surface area contributed by atoms with Crippen LogP contribution in [0, 0.1) is 5.82 Å². The van der Waals surface area contributed by atoms with Gasteiger partial charge in [0.15, 0.2) is 5.96 Å². The highest BCUT2D eigenvalue weighted by atomic mass is 19.3. The van der Waals surface area contributed by atoms with Gasteiger partial charge in [0.1, 0.15) is 19.0 Å². The lowest BCUT2D eigenvalue weighted by Crippen LogP contribution is -2.51. The van der Waals surface area contributed by atoms with Gasteiger partial charge in [0.25, 0.3) is 5.92 Å². The van der Waals surface area contributed by atoms with Gasteiger partial charge in [-0.25, -0.2) is 18.2 Å². The molecule has 1 aliphatic rings. The third-order valence-electron chi connectivity index (χ3n) is 3.50. The quantitative estimate of drug-likeness (QED) is 0.640. The summed E-state index contributed by atoms with van der Waals surface area (Å²) in [5.74, 6) is -3.49. The van der Waals surface area contributed by atoms with E-state index in [2.05, 4.69) is 9.89 Å². The number of anilines is 1. The second-order valence-electron chi connectivity index (χ2n) is 5.14. The number of hydrogen-bond donors (Lipinski definition) is 2. The predicted molar refractivity (Wildman–Crippen MR) is 78.7 cm³/mol. The molecule has 0 atom stereocenters. The minimum Gasteiger partial charge on any atom is -0.390 e. The Morgan fingerprint density at radius 1 is 1.18 bits per heavy atom. The number of guanidine groups is 1. The SMILES string of the molecule is NC(=NCC(F)(F)CO)N1CCN(c2ccc(F)cc2)CC1. The van der Waals surface area contributed by atoms with E-state index in [9.17, 15) is 13.2 Å². The molecular weight excluding hydrogens is 297 g/mol. The van der Waals surface area contributed by atoms with E-state index in [0.29, 0.717) is 26.2 Å². The van der Waals surface area contributed by atoms with Gasteiger partial charge in [-0.15, -0.1) is 0 Å². The van der Waals surface area contributed by atoms with Gasteiger partial charge in [-0.1, -0.05) is 0 Å². The smallest absolute Gasteiger partial charge is 0.289 e. The van der Waals surface area contributed by atoms with Crippen molar-refractivity contribution >= 4 is 11.6 Å². The summed E-state index contributed by atoms with van der Waals surface area (Å²) in [5.41, 5.74) is 6.61. The number of nitrogens with zero attached hydrogens (tertiary/aromatic N) is 3. The van der Waals surface area contributed by atoms with E-state index < -0.39 is 19.1 Å². The van der Waals surface area contributed by atoms with Crippen molar-refractivity contribution in [2.45, 2.75) is 5.92 Å². The number of rotatable bonds is 4. The minimum absolute atomic E-state index is 0.0480. The Balaban J connectivity index is 1.88. The largest absolute Gasteiger partial charge is 0.390 e. The molecule has 1 saturated heterocycles. The predicted octanol–water partition coefficient (Wildman–Crippen LogP) is 0.890. The standard InChI is InChI=1S/C14H19F3N4O/c15-11-1-3-12(4-2-11)20-5-7-21(8-6-20)13(18)19-9-14(16,17)10-22/h1-4,22H,5-10H2,(H2,18,19). The van der Waals surface area contributed by atoms with Gasteiger partial charge in [0.2, 0.25) is 0 Å². The zero-order valence-electron chi connectivity index (χ0n) is 12.1. The Morgan fingerprint density at radius 2 is 1.77 bits per heavy atom. The maximum absolute atomic E-state index is 12.9. The van der Waals surface area contributed by atoms with Gasteiger partial charge in [-0.2, -0.15) is 0 Å². The number of aliphatic imine (C=N–C) groups is 1. The fourth-order valence-electron chi connectivity index (χ4n) is 2.19. The Kier molecular flexibility index (Phi) is 5.12. The van der Waals surface area contributed by atoms with E-state index in [1.54, 1.807) is 17.0 Å². The van der Waals surface area contributed by atoms with E-state index in [1.165, 1.54) is 12.1 Å². The molecule has 8 heteroatoms. The zero-order valence-corrected chi connectivity index (χ0v) is 12.1. The van der Waals surface area contributed by atoms with Crippen LogP contribution in [-0.4, -0.2) is 61.2 Å². The Labute approximate surface area is 126 Å². The number of aliphatic hydroxyl groups excluding tert-OH is 1. The molecule has 1 aromatic rings. The first-order valence-electron chi connectivity index (χ1n) is 6.95. The second kappa shape index (κ2) is 6.87. The highest BCUT2D eigenvalue weighted by Crippen LogP contribution is 2.17. The van der Waals surface area contributed by atoms with Crippen molar-refractivity contribution in [1.82, 2.24) is 4.90 Å². The molecule has 122 valence electrons. The summed E-state index contributed by atoms with van der Waals surface area (Å²) < 4.78 is 38.7. The van der Waals surface area contributed by atoms with Crippen LogP contribution in [0.2, 0.25) is 0 Å². The molecule has 1 aromatic carbocycles. The molecule has 0 radical (unpaired) electrons. The highest BCUT2D eigenvalue weighted by Gasteiger charge is 2.28. The summed E-state index contributed by atoms with van der Waals surface area (Å²) in [7, 11) is 0. The summed E-state index contributed by atoms with van der Waals surface area (Å²) in [5, 5.41) is 8.49. The molecule has 0 amide bonds. The van der Waals surface area contributed by atoms with Crippen LogP contribution < -0.4 is 10.6 Å². The number of nitrogens with two attached hydrogens (primary N) is 1. The molecule has 1 fully saturated rings. The van der Waals surface area contributed by atoms with Crippen molar-refractivity contribution in [3.63, 3.8) is 0 Å². The maximum atomic E-state index is 12.9. The minimum atomic E-state index is -3.25. The summed E-state index contributed by atoms with van der Waals surface area (Å²) in [6.45, 7) is 0.279. The maximum Gasteiger partial charge on any atom is 0.289 e. The lowest BCUT2D eigenvalue weighted by Gasteiger charge is -2.36. The Morgan fingerprint density at radius 3 is 2.32 bits per heavy atom. The van der Waals surface area contributed by atoms with E-state index >= 15 is 0 Å². The van der Waals surface area contributed by atoms with Crippen LogP contribution in [0.15, 0.2) is 29.3 Å². The number of hydrogen-bond acceptors (Lipinski definition) is 3. The number of benzene rings is 1. The summed E-state index contributed by atoms with van der Waals surface area (Å²) in [6.07, 6.45) is 0. The fourth-order valence-corrected chi connectivity index (χ4v) is 2.19. The molecule has 1 aliphatic heterocycles. The van der Waals surface area contributed by atoms with Crippen LogP contribution in [0.1, 0.15) is 0 Å². The van der Waals surface area contributed by atoms with Crippen LogP contribution in [0.25, 0.3) is 0 Å². The van der Waals surface area contributed by atoms with Crippen LogP contribution in [0.5, 0.6) is 0 Å². The molecule has 1 heterocycles. The molecule has 0 saturated carbocycles. The van der Waals surface area contributed by atoms with Gasteiger partial charge in [0, 0.05) is 31.9 Å². The van der Waals surface area contributed by atoms with Crippen molar-refractivity contribution in [3.05, 3.63) is 30.1 Å². The lowest BCUT2D eigenvalue weighted by molar-refractivity contribution is -0.0405.